The van der Waals surface area contributed by atoms with Gasteiger partial charge in [-0.3, -0.25) is 0 Å². The van der Waals surface area contributed by atoms with Gasteiger partial charge in [-0.05, 0) is 75.8 Å². The molecule has 0 N–H and O–H groups in total. The molecule has 0 saturated heterocycles. The molecule has 0 saturated carbocycles. The summed E-state index contributed by atoms with van der Waals surface area (Å²) in [6.45, 7) is 0. The second kappa shape index (κ2) is 9.48. The zero-order valence-corrected chi connectivity index (χ0v) is 22.3. The fourth-order valence-electron chi connectivity index (χ4n) is 5.41. The van der Waals surface area contributed by atoms with Crippen molar-refractivity contribution in [2.75, 3.05) is 0 Å². The van der Waals surface area contributed by atoms with E-state index >= 15 is 0 Å². The van der Waals surface area contributed by atoms with Crippen LogP contribution in [0.4, 0.5) is 0 Å². The van der Waals surface area contributed by atoms with Crippen molar-refractivity contribution in [3.8, 4) is 39.1 Å². The molecule has 6 aromatic carbocycles. The Bertz CT molecular complexity index is 1900. The monoisotopic (exact) mass is 549 g/mol. The Morgan fingerprint density at radius 2 is 0.895 bits per heavy atom. The average molecular weight is 550 g/mol. The van der Waals surface area contributed by atoms with Crippen molar-refractivity contribution in [2.45, 2.75) is 0 Å². The van der Waals surface area contributed by atoms with Crippen LogP contribution in [-0.4, -0.2) is 4.57 Å². The summed E-state index contributed by atoms with van der Waals surface area (Å²) in [5.74, 6) is 0. The number of para-hydroxylation sites is 2. The number of hydrogen-bond acceptors (Lipinski definition) is 0. The largest absolute Gasteiger partial charge is 0.309 e. The van der Waals surface area contributed by atoms with Crippen LogP contribution in [0.25, 0.3) is 60.9 Å². The lowest BCUT2D eigenvalue weighted by atomic mass is 9.97. The van der Waals surface area contributed by atoms with E-state index in [9.17, 15) is 0 Å². The van der Waals surface area contributed by atoms with Crippen LogP contribution in [0.1, 0.15) is 0 Å². The highest BCUT2D eigenvalue weighted by atomic mass is 79.9. The molecule has 0 radical (unpaired) electrons. The van der Waals surface area contributed by atoms with E-state index in [1.165, 1.54) is 60.9 Å². The van der Waals surface area contributed by atoms with Crippen molar-refractivity contribution in [3.63, 3.8) is 0 Å². The fourth-order valence-corrected chi connectivity index (χ4v) is 5.91. The number of rotatable bonds is 4. The lowest BCUT2D eigenvalue weighted by molar-refractivity contribution is 1.18. The first kappa shape index (κ1) is 22.8. The van der Waals surface area contributed by atoms with Gasteiger partial charge in [-0.25, -0.2) is 0 Å². The summed E-state index contributed by atoms with van der Waals surface area (Å²) in [4.78, 5) is 0. The molecule has 0 aliphatic rings. The van der Waals surface area contributed by atoms with Crippen molar-refractivity contribution in [1.82, 2.24) is 4.57 Å². The minimum atomic E-state index is 1.08. The molecule has 7 rings (SSSR count). The lowest BCUT2D eigenvalue weighted by Gasteiger charge is -2.10. The van der Waals surface area contributed by atoms with Crippen molar-refractivity contribution < 1.29 is 0 Å². The molecule has 180 valence electrons. The van der Waals surface area contributed by atoms with E-state index in [0.29, 0.717) is 0 Å². The van der Waals surface area contributed by atoms with Crippen LogP contribution in [0.5, 0.6) is 0 Å². The zero-order chi connectivity index (χ0) is 25.5. The van der Waals surface area contributed by atoms with Gasteiger partial charge in [-0.2, -0.15) is 0 Å². The maximum atomic E-state index is 3.72. The van der Waals surface area contributed by atoms with Crippen LogP contribution < -0.4 is 0 Å². The summed E-state index contributed by atoms with van der Waals surface area (Å²) in [5, 5.41) is 2.55. The molecule has 0 bridgehead atoms. The van der Waals surface area contributed by atoms with E-state index in [1.54, 1.807) is 0 Å². The number of hydrogen-bond donors (Lipinski definition) is 0. The topological polar surface area (TPSA) is 4.93 Å². The molecule has 7 aromatic rings. The molecule has 1 aromatic heterocycles. The van der Waals surface area contributed by atoms with Gasteiger partial charge in [0.1, 0.15) is 0 Å². The Kier molecular flexibility index (Phi) is 5.68. The maximum absolute atomic E-state index is 3.72. The normalized spacial score (nSPS) is 11.3. The average Bonchev–Trinajstić information content (AvgIpc) is 3.31. The number of halogens is 1. The standard InChI is InChI=1S/C36H24BrN/c37-31-22-29(25-9-3-1-4-10-25)21-30(23-31)27-17-15-26(16-18-27)28-19-20-34-33-13-7-8-14-35(33)38(36(34)24-28)32-11-5-2-6-12-32/h1-24H. The smallest absolute Gasteiger partial charge is 0.0547 e. The molecule has 0 spiro atoms. The second-order valence-electron chi connectivity index (χ2n) is 9.59. The third-order valence-electron chi connectivity index (χ3n) is 7.24. The van der Waals surface area contributed by atoms with Crippen LogP contribution in [0.2, 0.25) is 0 Å². The van der Waals surface area contributed by atoms with Crippen LogP contribution in [0.3, 0.4) is 0 Å². The minimum absolute atomic E-state index is 1.08. The Morgan fingerprint density at radius 3 is 1.61 bits per heavy atom. The van der Waals surface area contributed by atoms with Crippen LogP contribution in [-0.2, 0) is 0 Å². The first-order valence-electron chi connectivity index (χ1n) is 12.8. The number of fused-ring (bicyclic) bond motifs is 3. The molecule has 0 unspecified atom stereocenters. The van der Waals surface area contributed by atoms with E-state index in [1.807, 2.05) is 0 Å². The van der Waals surface area contributed by atoms with Crippen molar-refractivity contribution >= 4 is 37.7 Å². The molecule has 38 heavy (non-hydrogen) atoms. The predicted octanol–water partition coefficient (Wildman–Crippen LogP) is 10.5. The molecule has 0 aliphatic heterocycles. The van der Waals surface area contributed by atoms with Gasteiger partial charge in [0.05, 0.1) is 11.0 Å². The molecular formula is C36H24BrN. The van der Waals surface area contributed by atoms with Crippen molar-refractivity contribution in [1.29, 1.82) is 0 Å². The van der Waals surface area contributed by atoms with Gasteiger partial charge < -0.3 is 4.57 Å². The Morgan fingerprint density at radius 1 is 0.368 bits per heavy atom. The van der Waals surface area contributed by atoms with E-state index in [4.69, 9.17) is 0 Å². The molecule has 0 amide bonds. The highest BCUT2D eigenvalue weighted by molar-refractivity contribution is 9.10. The SMILES string of the molecule is Brc1cc(-c2ccccc2)cc(-c2ccc(-c3ccc4c5ccccc5n(-c5ccccc5)c4c3)cc2)c1. The highest BCUT2D eigenvalue weighted by Gasteiger charge is 2.13. The molecular weight excluding hydrogens is 526 g/mol. The zero-order valence-electron chi connectivity index (χ0n) is 20.7. The van der Waals surface area contributed by atoms with Crippen molar-refractivity contribution in [2.24, 2.45) is 0 Å². The van der Waals surface area contributed by atoms with Crippen molar-refractivity contribution in [3.05, 3.63) is 150 Å². The first-order valence-corrected chi connectivity index (χ1v) is 13.6. The first-order chi connectivity index (χ1) is 18.7. The van der Waals surface area contributed by atoms with E-state index in [2.05, 4.69) is 166 Å². The fraction of sp³-hybridized carbons (Fsp3) is 0. The molecule has 0 atom stereocenters. The molecule has 1 heterocycles. The Balaban J connectivity index is 1.31. The van der Waals surface area contributed by atoms with E-state index in [-0.39, 0.29) is 0 Å². The quantitative estimate of drug-likeness (QED) is 0.205. The summed E-state index contributed by atoms with van der Waals surface area (Å²) < 4.78 is 3.45. The van der Waals surface area contributed by atoms with E-state index in [0.717, 1.165) is 4.47 Å². The summed E-state index contributed by atoms with van der Waals surface area (Å²) >= 11 is 3.72. The third-order valence-corrected chi connectivity index (χ3v) is 7.70. The van der Waals surface area contributed by atoms with Gasteiger partial charge in [-0.1, -0.05) is 119 Å². The summed E-state index contributed by atoms with van der Waals surface area (Å²) in [7, 11) is 0. The van der Waals surface area contributed by atoms with Gasteiger partial charge in [0, 0.05) is 20.9 Å². The Labute approximate surface area is 230 Å². The summed E-state index contributed by atoms with van der Waals surface area (Å²) in [6.07, 6.45) is 0. The number of aromatic nitrogens is 1. The van der Waals surface area contributed by atoms with Gasteiger partial charge in [0.15, 0.2) is 0 Å². The van der Waals surface area contributed by atoms with Crippen LogP contribution in [0.15, 0.2) is 150 Å². The molecule has 2 heteroatoms. The van der Waals surface area contributed by atoms with Gasteiger partial charge in [-0.15, -0.1) is 0 Å². The van der Waals surface area contributed by atoms with Gasteiger partial charge >= 0.3 is 0 Å². The molecule has 0 fully saturated rings. The lowest BCUT2D eigenvalue weighted by Crippen LogP contribution is -1.93. The van der Waals surface area contributed by atoms with Crippen LogP contribution >= 0.6 is 15.9 Å². The highest BCUT2D eigenvalue weighted by Crippen LogP contribution is 2.36. The minimum Gasteiger partial charge on any atom is -0.309 e. The third kappa shape index (κ3) is 4.04. The summed E-state index contributed by atoms with van der Waals surface area (Å²) in [6, 6.07) is 52.2. The second-order valence-corrected chi connectivity index (χ2v) is 10.5. The predicted molar refractivity (Wildman–Crippen MR) is 165 cm³/mol. The van der Waals surface area contributed by atoms with Gasteiger partial charge in [0.2, 0.25) is 0 Å². The molecule has 1 nitrogen and oxygen atoms in total. The van der Waals surface area contributed by atoms with Gasteiger partial charge in [0.25, 0.3) is 0 Å². The number of benzene rings is 6. The maximum Gasteiger partial charge on any atom is 0.0547 e. The summed E-state index contributed by atoms with van der Waals surface area (Å²) in [5.41, 5.74) is 10.9. The Hall–Kier alpha value is -4.40. The van der Waals surface area contributed by atoms with E-state index < -0.39 is 0 Å². The molecule has 0 aliphatic carbocycles. The number of nitrogens with zero attached hydrogens (tertiary/aromatic N) is 1. The van der Waals surface area contributed by atoms with Crippen LogP contribution in [0, 0.1) is 0 Å².